The summed E-state index contributed by atoms with van der Waals surface area (Å²) in [6.07, 6.45) is 0.880. The summed E-state index contributed by atoms with van der Waals surface area (Å²) in [4.78, 5) is 0. The molecule has 0 bridgehead atoms. The minimum absolute atomic E-state index is 0.274. The Morgan fingerprint density at radius 1 is 1.14 bits per heavy atom. The normalized spacial score (nSPS) is 16.7. The lowest BCUT2D eigenvalue weighted by Crippen LogP contribution is -2.27. The van der Waals surface area contributed by atoms with Crippen molar-refractivity contribution in [3.63, 3.8) is 0 Å². The molecule has 0 heterocycles. The molecule has 0 aromatic heterocycles. The third kappa shape index (κ3) is 6.09. The largest absolute Gasteiger partial charge is 0.392 e. The van der Waals surface area contributed by atoms with E-state index < -0.39 is 12.1 Å². The maximum absolute atomic E-state index is 12.3. The van der Waals surface area contributed by atoms with E-state index in [9.17, 15) is 13.2 Å². The summed E-state index contributed by atoms with van der Waals surface area (Å²) in [5, 5.41) is 0. The Morgan fingerprint density at radius 2 is 1.71 bits per heavy atom. The molecule has 0 nitrogen and oxygen atoms in total. The zero-order chi connectivity index (χ0) is 11.2. The van der Waals surface area contributed by atoms with Crippen LogP contribution in [0, 0.1) is 5.92 Å². The minimum atomic E-state index is -4.03. The number of unbranched alkanes of at least 4 members (excludes halogenated alkanes) is 3. The first-order valence-corrected chi connectivity index (χ1v) is 6.35. The summed E-state index contributed by atoms with van der Waals surface area (Å²) in [7, 11) is 0. The molecule has 0 spiro atoms. The molecular weight excluding hydrogens is 304 g/mol. The molecule has 0 radical (unpaired) electrons. The van der Waals surface area contributed by atoms with Gasteiger partial charge < -0.3 is 0 Å². The van der Waals surface area contributed by atoms with Crippen molar-refractivity contribution in [3.05, 3.63) is 0 Å². The van der Waals surface area contributed by atoms with Crippen LogP contribution >= 0.6 is 22.6 Å². The molecular formula is C10H18F3I. The third-order valence-electron chi connectivity index (χ3n) is 2.39. The second kappa shape index (κ2) is 6.90. The van der Waals surface area contributed by atoms with Crippen LogP contribution in [-0.2, 0) is 0 Å². The van der Waals surface area contributed by atoms with Crippen molar-refractivity contribution in [3.8, 4) is 0 Å². The zero-order valence-corrected chi connectivity index (χ0v) is 10.9. The molecule has 2 unspecified atom stereocenters. The maximum Gasteiger partial charge on any atom is 0.392 e. The van der Waals surface area contributed by atoms with Gasteiger partial charge >= 0.3 is 6.18 Å². The van der Waals surface area contributed by atoms with Crippen molar-refractivity contribution >= 4 is 22.6 Å². The Labute approximate surface area is 97.8 Å². The first-order chi connectivity index (χ1) is 6.39. The molecule has 0 aliphatic carbocycles. The van der Waals surface area contributed by atoms with E-state index in [1.165, 1.54) is 6.92 Å². The smallest absolute Gasteiger partial charge is 0.171 e. The average molecular weight is 322 g/mol. The second-order valence-corrected chi connectivity index (χ2v) is 5.30. The van der Waals surface area contributed by atoms with Crippen molar-refractivity contribution in [1.29, 1.82) is 0 Å². The van der Waals surface area contributed by atoms with Gasteiger partial charge in [0.1, 0.15) is 0 Å². The Bertz CT molecular complexity index is 145. The van der Waals surface area contributed by atoms with Crippen LogP contribution in [0.3, 0.4) is 0 Å². The van der Waals surface area contributed by atoms with Crippen LogP contribution < -0.4 is 0 Å². The highest BCUT2D eigenvalue weighted by atomic mass is 127. The van der Waals surface area contributed by atoms with Gasteiger partial charge in [0.05, 0.1) is 5.92 Å². The lowest BCUT2D eigenvalue weighted by atomic mass is 10.0. The molecule has 86 valence electrons. The topological polar surface area (TPSA) is 0 Å². The molecule has 14 heavy (non-hydrogen) atoms. The van der Waals surface area contributed by atoms with Gasteiger partial charge in [-0.25, -0.2) is 0 Å². The molecule has 0 rings (SSSR count). The predicted molar refractivity (Wildman–Crippen MR) is 61.8 cm³/mol. The van der Waals surface area contributed by atoms with Gasteiger partial charge in [-0.1, -0.05) is 62.1 Å². The predicted octanol–water partition coefficient (Wildman–Crippen LogP) is 4.96. The van der Waals surface area contributed by atoms with Crippen LogP contribution in [0.1, 0.15) is 46.0 Å². The molecule has 4 heteroatoms. The second-order valence-electron chi connectivity index (χ2n) is 3.70. The van der Waals surface area contributed by atoms with E-state index in [0.29, 0.717) is 6.42 Å². The van der Waals surface area contributed by atoms with E-state index in [2.05, 4.69) is 6.92 Å². The lowest BCUT2D eigenvalue weighted by Gasteiger charge is -2.21. The highest BCUT2D eigenvalue weighted by Gasteiger charge is 2.39. The molecule has 0 saturated heterocycles. The first-order valence-electron chi connectivity index (χ1n) is 5.10. The minimum Gasteiger partial charge on any atom is -0.171 e. The molecule has 0 aromatic carbocycles. The molecule has 0 aliphatic rings. The Hall–Kier alpha value is 0.520. The summed E-state index contributed by atoms with van der Waals surface area (Å²) in [6, 6.07) is 0. The Balaban J connectivity index is 3.68. The van der Waals surface area contributed by atoms with Crippen LogP contribution in [0.4, 0.5) is 13.2 Å². The summed E-state index contributed by atoms with van der Waals surface area (Å²) in [5.41, 5.74) is 0. The fraction of sp³-hybridized carbons (Fsp3) is 1.00. The fourth-order valence-electron chi connectivity index (χ4n) is 1.22. The van der Waals surface area contributed by atoms with Gasteiger partial charge in [0.15, 0.2) is 0 Å². The number of alkyl halides is 4. The van der Waals surface area contributed by atoms with Crippen LogP contribution in [0.25, 0.3) is 0 Å². The van der Waals surface area contributed by atoms with Gasteiger partial charge in [0, 0.05) is 3.92 Å². The van der Waals surface area contributed by atoms with E-state index in [0.717, 1.165) is 25.7 Å². The third-order valence-corrected chi connectivity index (χ3v) is 4.09. The average Bonchev–Trinajstić information content (AvgIpc) is 2.09. The van der Waals surface area contributed by atoms with Gasteiger partial charge in [0.25, 0.3) is 0 Å². The van der Waals surface area contributed by atoms with Crippen LogP contribution in [0.15, 0.2) is 0 Å². The summed E-state index contributed by atoms with van der Waals surface area (Å²) in [6.45, 7) is 3.37. The van der Waals surface area contributed by atoms with Crippen molar-refractivity contribution in [2.24, 2.45) is 5.92 Å². The summed E-state index contributed by atoms with van der Waals surface area (Å²) >= 11 is 1.92. The SMILES string of the molecule is CCCCCCC(I)C(C)C(F)(F)F. The standard InChI is InChI=1S/C10H18F3I/c1-3-4-5-6-7-9(14)8(2)10(11,12)13/h8-9H,3-7H2,1-2H3. The highest BCUT2D eigenvalue weighted by Crippen LogP contribution is 2.34. The van der Waals surface area contributed by atoms with Crippen molar-refractivity contribution in [2.45, 2.75) is 56.1 Å². The molecule has 0 amide bonds. The number of rotatable bonds is 6. The fourth-order valence-corrected chi connectivity index (χ4v) is 2.07. The number of hydrogen-bond donors (Lipinski definition) is 0. The van der Waals surface area contributed by atoms with E-state index in [1.54, 1.807) is 0 Å². The molecule has 0 aliphatic heterocycles. The molecule has 0 aromatic rings. The quantitative estimate of drug-likeness (QED) is 0.368. The van der Waals surface area contributed by atoms with Crippen LogP contribution in [0.2, 0.25) is 0 Å². The van der Waals surface area contributed by atoms with Gasteiger partial charge in [-0.3, -0.25) is 0 Å². The highest BCUT2D eigenvalue weighted by molar-refractivity contribution is 14.1. The van der Waals surface area contributed by atoms with Gasteiger partial charge in [-0.15, -0.1) is 0 Å². The Morgan fingerprint density at radius 3 is 2.14 bits per heavy atom. The lowest BCUT2D eigenvalue weighted by molar-refractivity contribution is -0.168. The van der Waals surface area contributed by atoms with E-state index >= 15 is 0 Å². The first kappa shape index (κ1) is 14.5. The number of halogens is 4. The van der Waals surface area contributed by atoms with Crippen LogP contribution in [0.5, 0.6) is 0 Å². The molecule has 0 N–H and O–H groups in total. The van der Waals surface area contributed by atoms with E-state index in [-0.39, 0.29) is 3.92 Å². The molecule has 0 fully saturated rings. The Kier molecular flexibility index (Phi) is 7.16. The van der Waals surface area contributed by atoms with Crippen molar-refractivity contribution < 1.29 is 13.2 Å². The van der Waals surface area contributed by atoms with Crippen LogP contribution in [-0.4, -0.2) is 10.1 Å². The molecule has 0 saturated carbocycles. The van der Waals surface area contributed by atoms with Gasteiger partial charge in [-0.05, 0) is 6.42 Å². The van der Waals surface area contributed by atoms with E-state index in [4.69, 9.17) is 0 Å². The van der Waals surface area contributed by atoms with Gasteiger partial charge in [0.2, 0.25) is 0 Å². The monoisotopic (exact) mass is 322 g/mol. The summed E-state index contributed by atoms with van der Waals surface area (Å²) in [5.74, 6) is -1.18. The van der Waals surface area contributed by atoms with Crippen molar-refractivity contribution in [2.75, 3.05) is 0 Å². The zero-order valence-electron chi connectivity index (χ0n) is 8.70. The molecule has 2 atom stereocenters. The maximum atomic E-state index is 12.3. The number of hydrogen-bond acceptors (Lipinski definition) is 0. The van der Waals surface area contributed by atoms with Gasteiger partial charge in [-0.2, -0.15) is 13.2 Å². The summed E-state index contributed by atoms with van der Waals surface area (Å²) < 4.78 is 36.5. The van der Waals surface area contributed by atoms with Crippen molar-refractivity contribution in [1.82, 2.24) is 0 Å². The van der Waals surface area contributed by atoms with E-state index in [1.807, 2.05) is 22.6 Å².